The zero-order valence-corrected chi connectivity index (χ0v) is 85.6. The van der Waals surface area contributed by atoms with Gasteiger partial charge < -0.3 is 38.3 Å². The summed E-state index contributed by atoms with van der Waals surface area (Å²) in [5, 5.41) is 50.0. The van der Waals surface area contributed by atoms with Crippen molar-refractivity contribution in [1.82, 2.24) is 66.2 Å². The number of rotatable bonds is 26. The molecule has 7 aromatic heterocycles. The van der Waals surface area contributed by atoms with E-state index in [1.54, 1.807) is 0 Å². The van der Waals surface area contributed by atoms with Crippen LogP contribution >= 0.6 is 99.9 Å². The molecule has 0 aliphatic rings. The summed E-state index contributed by atoms with van der Waals surface area (Å²) < 4.78 is 41.2. The molecule has 19 rings (SSSR count). The number of fused-ring (bicyclic) bond motifs is 5. The number of para-hydroxylation sites is 5. The molecule has 0 fully saturated rings. The number of nitrogens with zero attached hydrogens (tertiary/aromatic N) is 12. The first-order valence-electron chi connectivity index (χ1n) is 41.4. The van der Waals surface area contributed by atoms with Crippen LogP contribution < -0.4 is 33.2 Å². The van der Waals surface area contributed by atoms with Gasteiger partial charge in [0.25, 0.3) is 0 Å². The van der Waals surface area contributed by atoms with Crippen molar-refractivity contribution >= 4 is 154 Å². The van der Waals surface area contributed by atoms with Crippen LogP contribution in [0.4, 0.5) is 0 Å². The Morgan fingerprint density at radius 2 is 0.533 bits per heavy atom. The van der Waals surface area contributed by atoms with Crippen molar-refractivity contribution in [3.8, 4) is 46.3 Å². The van der Waals surface area contributed by atoms with Gasteiger partial charge >= 0.3 is 114 Å². The first kappa shape index (κ1) is 107. The fourth-order valence-electron chi connectivity index (χ4n) is 13.1. The summed E-state index contributed by atoms with van der Waals surface area (Å²) in [5.41, 5.74) is 17.3. The zero-order chi connectivity index (χ0) is 92.1. The van der Waals surface area contributed by atoms with Crippen LogP contribution in [-0.4, -0.2) is 78.4 Å². The molecular weight excluding hydrogens is 2330 g/mol. The number of benzene rings is 12. The van der Waals surface area contributed by atoms with E-state index in [2.05, 4.69) is 234 Å². The second-order valence-electron chi connectivity index (χ2n) is 28.8. The topological polar surface area (TPSA) is 282 Å². The molecule has 0 saturated carbocycles. The molecule has 0 spiro atoms. The molecule has 0 radical (unpaired) electrons. The van der Waals surface area contributed by atoms with Gasteiger partial charge in [0.05, 0.1) is 62.8 Å². The number of aromatic nitrogens is 13. The summed E-state index contributed by atoms with van der Waals surface area (Å²) in [5.74, 6) is 6.78. The molecule has 135 heavy (non-hydrogen) atoms. The van der Waals surface area contributed by atoms with Gasteiger partial charge in [0.1, 0.15) is 86.5 Å². The number of aliphatic hydroxyl groups is 1. The van der Waals surface area contributed by atoms with E-state index in [0.29, 0.717) is 86.6 Å². The van der Waals surface area contributed by atoms with E-state index in [-0.39, 0.29) is 27.2 Å². The molecule has 7 heterocycles. The van der Waals surface area contributed by atoms with E-state index in [9.17, 15) is 0 Å². The number of tetrazole rings is 2. The van der Waals surface area contributed by atoms with Crippen LogP contribution in [0.3, 0.4) is 0 Å². The molecule has 0 unspecified atom stereocenters. The van der Waals surface area contributed by atoms with E-state index in [0.717, 1.165) is 158 Å². The maximum absolute atomic E-state index is 8.94. The molecule has 19 aromatic rings. The monoisotopic (exact) mass is 2440 g/mol. The average molecular weight is 2440 g/mol. The number of aryl methyl sites for hydroxylation is 2. The van der Waals surface area contributed by atoms with Gasteiger partial charge in [-0.25, -0.2) is 19.9 Å². The minimum Gasteiger partial charge on any atom is -0.489 e. The quantitative estimate of drug-likeness (QED) is 0.0425. The Morgan fingerprint density at radius 1 is 0.304 bits per heavy atom. The number of hydrogen-bond donors (Lipinski definition) is 3. The third-order valence-corrected chi connectivity index (χ3v) is 19.7. The second kappa shape index (κ2) is 59.5. The third-order valence-electron chi connectivity index (χ3n) is 19.7. The molecule has 0 amide bonds. The van der Waals surface area contributed by atoms with Gasteiger partial charge in [-0.15, -0.1) is 20.4 Å². The smallest absolute Gasteiger partial charge is 0.178 e. The van der Waals surface area contributed by atoms with E-state index >= 15 is 0 Å². The molecule has 0 bridgehead atoms. The van der Waals surface area contributed by atoms with E-state index in [4.69, 9.17) is 43.5 Å². The number of nitriles is 1. The fraction of sp³-hybridized carbons (Fsp3) is 0.151. The maximum atomic E-state index is 8.94. The van der Waals surface area contributed by atoms with Gasteiger partial charge in [0.15, 0.2) is 11.6 Å². The van der Waals surface area contributed by atoms with E-state index in [1.807, 2.05) is 304 Å². The Balaban J connectivity index is 0.000000189. The van der Waals surface area contributed by atoms with Crippen molar-refractivity contribution in [3.63, 3.8) is 0 Å². The summed E-state index contributed by atoms with van der Waals surface area (Å²) in [7, 11) is 1.63. The van der Waals surface area contributed by atoms with Gasteiger partial charge in [-0.1, -0.05) is 245 Å². The maximum Gasteiger partial charge on any atom is 0.178 e. The van der Waals surface area contributed by atoms with E-state index < -0.39 is 0 Å². The summed E-state index contributed by atoms with van der Waals surface area (Å²) in [4.78, 5) is 22.6. The van der Waals surface area contributed by atoms with Gasteiger partial charge in [0.2, 0.25) is 0 Å². The van der Waals surface area contributed by atoms with E-state index in [1.165, 1.54) is 10.9 Å². The largest absolute Gasteiger partial charge is 0.489 e. The Labute approximate surface area is 854 Å². The van der Waals surface area contributed by atoms with Gasteiger partial charge in [0, 0.05) is 52.6 Å². The Morgan fingerprint density at radius 3 is 0.807 bits per heavy atom. The van der Waals surface area contributed by atoms with Crippen LogP contribution in [0.2, 0.25) is 0 Å². The number of ether oxygens (including phenoxy) is 7. The first-order valence-corrected chi connectivity index (χ1v) is 64.0. The summed E-state index contributed by atoms with van der Waals surface area (Å²) >= 11 is 12.1. The van der Waals surface area contributed by atoms with Crippen molar-refractivity contribution < 1.29 is 52.7 Å². The summed E-state index contributed by atoms with van der Waals surface area (Å²) in [6.45, 7) is 7.13. The Hall–Kier alpha value is -11.3. The normalized spacial score (nSPS) is 10.1. The van der Waals surface area contributed by atoms with Crippen LogP contribution in [0.5, 0.6) is 40.2 Å². The van der Waals surface area contributed by atoms with Crippen LogP contribution in [0.1, 0.15) is 101 Å². The van der Waals surface area contributed by atoms with Crippen molar-refractivity contribution in [3.05, 3.63) is 431 Å². The number of H-pyrrole nitrogens is 2. The SMILES string of the molecule is C.C.C.CO.Cc1ccc(OCc2ccc3ccccc3n2)cc1.Cc1ccc2ccccc2n1.N#CCc1ccccc1COc1ccc(OCc2ccc3ccccc3n2)cc1.[I][V]([I])[I].[I][V][I].c1ccc(Cc2nn[nH]n2)c(COc2ccc(OCc3ccc4ccccc4n3)cc2)c1.c1ccc(Cc2nn[nH]n2)c(COc2ccc(OCc3ccc4ccccc4n3)cc2)c1. The summed E-state index contributed by atoms with van der Waals surface area (Å²) in [6.07, 6.45) is 1.59. The Kier molecular flexibility index (Phi) is 47.4. The number of pyridine rings is 5. The van der Waals surface area contributed by atoms with Gasteiger partial charge in [-0.3, -0.25) is 4.98 Å². The molecule has 29 heteroatoms. The molecule has 3 N–H and O–H groups in total. The zero-order valence-electron chi connectivity index (χ0n) is 72.0. The fourth-order valence-corrected chi connectivity index (χ4v) is 13.1. The van der Waals surface area contributed by atoms with Crippen molar-refractivity contribution in [2.75, 3.05) is 7.11 Å². The molecule has 0 aliphatic carbocycles. The van der Waals surface area contributed by atoms with Crippen LogP contribution in [0.15, 0.2) is 352 Å². The van der Waals surface area contributed by atoms with Crippen LogP contribution in [0, 0.1) is 25.2 Å². The number of hydrogen-bond acceptors (Lipinski definition) is 20. The second-order valence-corrected chi connectivity index (χ2v) is 75.9. The van der Waals surface area contributed by atoms with Crippen molar-refractivity contribution in [2.24, 2.45) is 0 Å². The molecule has 0 saturated heterocycles. The molecule has 0 atom stereocenters. The minimum absolute atomic E-state index is 0. The van der Waals surface area contributed by atoms with Crippen LogP contribution in [-0.2, 0) is 79.9 Å². The molecule has 0 aliphatic heterocycles. The van der Waals surface area contributed by atoms with Crippen LogP contribution in [0.25, 0.3) is 54.5 Å². The number of aliphatic hydroxyl groups excluding tert-OH is 1. The first-order chi connectivity index (χ1) is 64.8. The van der Waals surface area contributed by atoms with Gasteiger partial charge in [-0.05, 0) is 193 Å². The van der Waals surface area contributed by atoms with Gasteiger partial charge in [-0.2, -0.15) is 15.7 Å². The third kappa shape index (κ3) is 36.4. The minimum atomic E-state index is -0.278. The molecule has 22 nitrogen and oxygen atoms in total. The number of halogens is 5. The van der Waals surface area contributed by atoms with Crippen molar-refractivity contribution in [1.29, 1.82) is 5.26 Å². The number of aromatic amines is 2. The number of nitrogens with one attached hydrogen (secondary N) is 2. The molecule has 689 valence electrons. The predicted molar refractivity (Wildman–Crippen MR) is 575 cm³/mol. The predicted octanol–water partition coefficient (Wildman–Crippen LogP) is 27.1. The average Bonchev–Trinajstić information content (AvgIpc) is 1.30. The summed E-state index contributed by atoms with van der Waals surface area (Å²) in [6, 6.07) is 118. The Bertz CT molecular complexity index is 6540. The standard InChI is InChI=1S/2C25H21N5O2.C25H20N2O2.C17H15NO.C10H9N.CH4O.3CH4.5HI.2V/c2*1-2-7-20(19(6-1)15-25-27-29-30-28-25)16-31-22-11-13-23(14-12-22)32-17-21-10-9-18-5-3-4-8-24(18)26-21;26-16-15-19-5-1-2-7-21(19)17-28-23-11-13-24(14-12-23)29-18-22-10-9-20-6-3-4-8-25(20)27-22;1-13-6-10-16(11-7-13)19-12-15-9-8-14-4-2-3-5-17(14)18-15;1-8-6-7-9-4-2-3-5-10(9)11-8;1-2;;;;;;;;;;/h2*1-14H,15-17H2,(H,27,28,29,30);1-14H,15,17-18H2;2-11H,12H2,1H3;2-7H,1H3;2H,1H3;3*1H4;5*1H;;/q;;;;;;;;;;;;;;+2;+3/p-5. The molecular formula is C106H102I5N14O8V2. The molecule has 12 aromatic carbocycles. The van der Waals surface area contributed by atoms with Crippen molar-refractivity contribution in [2.45, 2.75) is 102 Å².